The van der Waals surface area contributed by atoms with Gasteiger partial charge in [0.25, 0.3) is 5.91 Å². The molecule has 3 N–H and O–H groups in total. The predicted molar refractivity (Wildman–Crippen MR) is 132 cm³/mol. The van der Waals surface area contributed by atoms with E-state index in [0.717, 1.165) is 49.9 Å². The summed E-state index contributed by atoms with van der Waals surface area (Å²) in [4.78, 5) is 14.7. The van der Waals surface area contributed by atoms with E-state index < -0.39 is 10.0 Å². The number of hydrogen-bond acceptors (Lipinski definition) is 5. The number of rotatable bonds is 8. The molecule has 186 valence electrons. The van der Waals surface area contributed by atoms with Crippen LogP contribution in [0.3, 0.4) is 0 Å². The molecule has 2 aliphatic carbocycles. The molecule has 1 unspecified atom stereocenters. The monoisotopic (exact) mass is 487 g/mol. The fourth-order valence-corrected chi connectivity index (χ4v) is 5.79. The maximum Gasteiger partial charge on any atom is 0.274 e. The average Bonchev–Trinajstić information content (AvgIpc) is 3.16. The summed E-state index contributed by atoms with van der Waals surface area (Å²) in [6.45, 7) is 1.71. The van der Waals surface area contributed by atoms with Crippen molar-refractivity contribution in [1.29, 1.82) is 0 Å². The van der Waals surface area contributed by atoms with Gasteiger partial charge < -0.3 is 10.2 Å². The Kier molecular flexibility index (Phi) is 7.74. The van der Waals surface area contributed by atoms with Crippen LogP contribution in [0, 0.1) is 5.92 Å². The quantitative estimate of drug-likeness (QED) is 0.594. The lowest BCUT2D eigenvalue weighted by Gasteiger charge is -2.26. The highest BCUT2D eigenvalue weighted by Crippen LogP contribution is 2.30. The van der Waals surface area contributed by atoms with E-state index in [2.05, 4.69) is 10.00 Å². The van der Waals surface area contributed by atoms with Crippen molar-refractivity contribution in [3.63, 3.8) is 0 Å². The fraction of sp³-hybridized carbons (Fsp3) is 0.600. The third kappa shape index (κ3) is 5.87. The van der Waals surface area contributed by atoms with Crippen molar-refractivity contribution in [3.8, 4) is 0 Å². The summed E-state index contributed by atoms with van der Waals surface area (Å²) in [5, 5.41) is 13.6. The second kappa shape index (κ2) is 10.6. The molecule has 0 spiro atoms. The number of hydrogen-bond donors (Lipinski definition) is 2. The SMILES string of the molecule is CN(C)C(=O)c1nn(CC2CCCCC2)c2c1CC(NCCc1ccc(S(N)(=O)=O)cc1)CC2. The molecule has 1 heterocycles. The van der Waals surface area contributed by atoms with Crippen LogP contribution in [-0.4, -0.2) is 55.7 Å². The molecule has 1 aromatic heterocycles. The fourth-order valence-electron chi connectivity index (χ4n) is 5.28. The van der Waals surface area contributed by atoms with Gasteiger partial charge in [0, 0.05) is 37.9 Å². The molecule has 0 radical (unpaired) electrons. The minimum atomic E-state index is -3.67. The van der Waals surface area contributed by atoms with E-state index >= 15 is 0 Å². The number of primary sulfonamides is 1. The van der Waals surface area contributed by atoms with E-state index in [4.69, 9.17) is 10.2 Å². The molecule has 4 rings (SSSR count). The number of nitrogens with two attached hydrogens (primary N) is 1. The highest BCUT2D eigenvalue weighted by Gasteiger charge is 2.30. The van der Waals surface area contributed by atoms with Crippen LogP contribution >= 0.6 is 0 Å². The molecule has 1 atom stereocenters. The van der Waals surface area contributed by atoms with Crippen LogP contribution in [0.15, 0.2) is 29.2 Å². The second-order valence-corrected chi connectivity index (χ2v) is 11.6. The Hall–Kier alpha value is -2.23. The Morgan fingerprint density at radius 2 is 1.85 bits per heavy atom. The van der Waals surface area contributed by atoms with Gasteiger partial charge in [0.15, 0.2) is 5.69 Å². The Morgan fingerprint density at radius 3 is 2.50 bits per heavy atom. The number of sulfonamides is 1. The summed E-state index contributed by atoms with van der Waals surface area (Å²) >= 11 is 0. The first-order chi connectivity index (χ1) is 16.2. The molecule has 1 amide bonds. The Balaban J connectivity index is 1.41. The summed E-state index contributed by atoms with van der Waals surface area (Å²) in [6, 6.07) is 7.01. The molecule has 8 nitrogen and oxygen atoms in total. The van der Waals surface area contributed by atoms with Gasteiger partial charge in [-0.15, -0.1) is 0 Å². The van der Waals surface area contributed by atoms with E-state index in [1.54, 1.807) is 31.1 Å². The van der Waals surface area contributed by atoms with Crippen LogP contribution in [0.4, 0.5) is 0 Å². The van der Waals surface area contributed by atoms with E-state index in [-0.39, 0.29) is 16.8 Å². The molecule has 2 aromatic rings. The van der Waals surface area contributed by atoms with Gasteiger partial charge in [-0.3, -0.25) is 9.48 Å². The number of nitrogens with zero attached hydrogens (tertiary/aromatic N) is 3. The highest BCUT2D eigenvalue weighted by molar-refractivity contribution is 7.89. The topological polar surface area (TPSA) is 110 Å². The number of benzene rings is 1. The lowest BCUT2D eigenvalue weighted by molar-refractivity contribution is 0.0819. The number of carbonyl (C=O) groups excluding carboxylic acids is 1. The molecule has 0 saturated heterocycles. The van der Waals surface area contributed by atoms with Gasteiger partial charge in [-0.1, -0.05) is 31.4 Å². The van der Waals surface area contributed by atoms with Crippen LogP contribution in [0.5, 0.6) is 0 Å². The molecule has 1 saturated carbocycles. The summed E-state index contributed by atoms with van der Waals surface area (Å²) < 4.78 is 25.0. The van der Waals surface area contributed by atoms with E-state index in [0.29, 0.717) is 11.6 Å². The normalized spacial score (nSPS) is 19.1. The zero-order chi connectivity index (χ0) is 24.3. The zero-order valence-corrected chi connectivity index (χ0v) is 21.1. The summed E-state index contributed by atoms with van der Waals surface area (Å²) in [6.07, 6.45) is 9.99. The van der Waals surface area contributed by atoms with Gasteiger partial charge in [-0.05, 0) is 68.7 Å². The average molecular weight is 488 g/mol. The maximum absolute atomic E-state index is 12.9. The lowest BCUT2D eigenvalue weighted by Crippen LogP contribution is -2.37. The summed E-state index contributed by atoms with van der Waals surface area (Å²) in [5.41, 5.74) is 4.02. The van der Waals surface area contributed by atoms with Crippen LogP contribution < -0.4 is 10.5 Å². The molecule has 34 heavy (non-hydrogen) atoms. The van der Waals surface area contributed by atoms with Crippen molar-refractivity contribution in [1.82, 2.24) is 20.0 Å². The molecule has 2 aliphatic rings. The van der Waals surface area contributed by atoms with Crippen LogP contribution in [0.2, 0.25) is 0 Å². The van der Waals surface area contributed by atoms with Gasteiger partial charge in [0.2, 0.25) is 10.0 Å². The Bertz CT molecular complexity index is 1100. The number of nitrogens with one attached hydrogen (secondary N) is 1. The van der Waals surface area contributed by atoms with Gasteiger partial charge in [-0.2, -0.15) is 5.10 Å². The zero-order valence-electron chi connectivity index (χ0n) is 20.3. The third-order valence-corrected chi connectivity index (χ3v) is 8.14. The number of amides is 1. The molecule has 0 aliphatic heterocycles. The largest absolute Gasteiger partial charge is 0.343 e. The van der Waals surface area contributed by atoms with Crippen LogP contribution in [-0.2, 0) is 35.8 Å². The standard InChI is InChI=1S/C25H37N5O3S/c1-29(2)25(31)24-22-16-20(27-15-14-18-8-11-21(12-9-18)34(26,32)33)10-13-23(22)30(28-24)17-19-6-4-3-5-7-19/h8-9,11-12,19-20,27H,3-7,10,13-17H2,1-2H3,(H2,26,32,33). The molecule has 1 aromatic carbocycles. The van der Waals surface area contributed by atoms with Crippen LogP contribution in [0.25, 0.3) is 0 Å². The molecular formula is C25H37N5O3S. The first-order valence-corrected chi connectivity index (χ1v) is 13.9. The van der Waals surface area contributed by atoms with Crippen molar-refractivity contribution in [2.45, 2.75) is 75.3 Å². The predicted octanol–water partition coefficient (Wildman–Crippen LogP) is 2.50. The molecular weight excluding hydrogens is 450 g/mol. The van der Waals surface area contributed by atoms with Gasteiger partial charge in [0.05, 0.1) is 4.90 Å². The van der Waals surface area contributed by atoms with E-state index in [1.807, 2.05) is 12.1 Å². The highest BCUT2D eigenvalue weighted by atomic mass is 32.2. The first-order valence-electron chi connectivity index (χ1n) is 12.4. The van der Waals surface area contributed by atoms with Crippen molar-refractivity contribution >= 4 is 15.9 Å². The van der Waals surface area contributed by atoms with E-state index in [1.165, 1.54) is 37.8 Å². The van der Waals surface area contributed by atoms with E-state index in [9.17, 15) is 13.2 Å². The molecule has 1 fully saturated rings. The van der Waals surface area contributed by atoms with Crippen molar-refractivity contribution in [2.75, 3.05) is 20.6 Å². The third-order valence-electron chi connectivity index (χ3n) is 7.21. The van der Waals surface area contributed by atoms with Gasteiger partial charge >= 0.3 is 0 Å². The molecule has 9 heteroatoms. The molecule has 0 bridgehead atoms. The summed E-state index contributed by atoms with van der Waals surface area (Å²) in [7, 11) is -0.0925. The minimum Gasteiger partial charge on any atom is -0.343 e. The number of carbonyl (C=O) groups is 1. The maximum atomic E-state index is 12.9. The van der Waals surface area contributed by atoms with Gasteiger partial charge in [-0.25, -0.2) is 13.6 Å². The van der Waals surface area contributed by atoms with Crippen molar-refractivity contribution in [3.05, 3.63) is 46.8 Å². The minimum absolute atomic E-state index is 0.0192. The van der Waals surface area contributed by atoms with Crippen molar-refractivity contribution in [2.24, 2.45) is 11.1 Å². The number of fused-ring (bicyclic) bond motifs is 1. The summed E-state index contributed by atoms with van der Waals surface area (Å²) in [5.74, 6) is 0.644. The first kappa shape index (κ1) is 24.9. The van der Waals surface area contributed by atoms with Crippen molar-refractivity contribution < 1.29 is 13.2 Å². The van der Waals surface area contributed by atoms with Gasteiger partial charge in [0.1, 0.15) is 0 Å². The smallest absolute Gasteiger partial charge is 0.274 e. The Morgan fingerprint density at radius 1 is 1.15 bits per heavy atom. The number of aromatic nitrogens is 2. The Labute approximate surface area is 202 Å². The van der Waals surface area contributed by atoms with Crippen LogP contribution in [0.1, 0.15) is 65.8 Å². The second-order valence-electron chi connectivity index (χ2n) is 9.99. The lowest BCUT2D eigenvalue weighted by atomic mass is 9.88.